The fourth-order valence-electron chi connectivity index (χ4n) is 3.60. The van der Waals surface area contributed by atoms with Crippen LogP contribution in [0, 0.1) is 0 Å². The third kappa shape index (κ3) is 2.28. The first-order chi connectivity index (χ1) is 10.9. The molecule has 3 atom stereocenters. The van der Waals surface area contributed by atoms with E-state index >= 15 is 0 Å². The van der Waals surface area contributed by atoms with Crippen molar-refractivity contribution >= 4 is 17.4 Å². The quantitative estimate of drug-likeness (QED) is 0.929. The van der Waals surface area contributed by atoms with Crippen LogP contribution in [0.5, 0.6) is 0 Å². The Bertz CT molecular complexity index is 702. The predicted octanol–water partition coefficient (Wildman–Crippen LogP) is 2.24. The molecule has 5 nitrogen and oxygen atoms in total. The lowest BCUT2D eigenvalue weighted by molar-refractivity contribution is 0.0937. The second kappa shape index (κ2) is 4.69. The number of carbonyl (C=O) groups excluding carboxylic acids is 1. The lowest BCUT2D eigenvalue weighted by atomic mass is 10.1. The normalized spacial score (nSPS) is 30.9. The molecule has 1 saturated heterocycles. The molecule has 1 aromatic heterocycles. The molecule has 1 aromatic rings. The monoisotopic (exact) mass is 316 g/mol. The molecule has 6 heteroatoms. The fraction of sp³-hybridized carbons (Fsp3) is 0.529. The summed E-state index contributed by atoms with van der Waals surface area (Å²) in [4.78, 5) is 21.3. The van der Waals surface area contributed by atoms with E-state index in [0.29, 0.717) is 18.2 Å². The molecule has 2 aliphatic heterocycles. The van der Waals surface area contributed by atoms with Crippen molar-refractivity contribution < 1.29 is 9.18 Å². The number of fused-ring (bicyclic) bond motifs is 4. The van der Waals surface area contributed by atoms with E-state index in [-0.39, 0.29) is 5.91 Å². The van der Waals surface area contributed by atoms with E-state index in [1.54, 1.807) is 6.07 Å². The first-order valence-electron chi connectivity index (χ1n) is 8.07. The molecule has 1 amide bonds. The Balaban J connectivity index is 1.65. The number of aromatic nitrogens is 1. The van der Waals surface area contributed by atoms with Crippen LogP contribution in [0.4, 0.5) is 15.9 Å². The van der Waals surface area contributed by atoms with E-state index < -0.39 is 11.7 Å². The van der Waals surface area contributed by atoms with E-state index in [1.165, 1.54) is 6.92 Å². The minimum Gasteiger partial charge on any atom is -0.366 e. The maximum atomic E-state index is 13.6. The number of hydrogen-bond donors (Lipinski definition) is 1. The van der Waals surface area contributed by atoms with Crippen LogP contribution in [0.15, 0.2) is 24.4 Å². The van der Waals surface area contributed by atoms with Gasteiger partial charge in [-0.15, -0.1) is 0 Å². The van der Waals surface area contributed by atoms with Gasteiger partial charge in [-0.25, -0.2) is 9.37 Å². The van der Waals surface area contributed by atoms with Crippen molar-refractivity contribution in [2.24, 2.45) is 0 Å². The number of rotatable bonds is 3. The molecule has 1 aliphatic carbocycles. The second-order valence-corrected chi connectivity index (χ2v) is 7.04. The van der Waals surface area contributed by atoms with Gasteiger partial charge in [0.2, 0.25) is 0 Å². The Morgan fingerprint density at radius 3 is 2.91 bits per heavy atom. The van der Waals surface area contributed by atoms with Crippen LogP contribution in [0.25, 0.3) is 0 Å². The van der Waals surface area contributed by atoms with Crippen molar-refractivity contribution in [1.29, 1.82) is 0 Å². The topological polar surface area (TPSA) is 48.5 Å². The lowest BCUT2D eigenvalue weighted by Crippen LogP contribution is -2.42. The highest BCUT2D eigenvalue weighted by Gasteiger charge is 2.52. The number of anilines is 2. The van der Waals surface area contributed by atoms with Gasteiger partial charge >= 0.3 is 0 Å². The van der Waals surface area contributed by atoms with E-state index in [2.05, 4.69) is 26.7 Å². The number of amides is 1. The van der Waals surface area contributed by atoms with Gasteiger partial charge in [-0.3, -0.25) is 4.79 Å². The van der Waals surface area contributed by atoms with Crippen molar-refractivity contribution in [3.63, 3.8) is 0 Å². The lowest BCUT2D eigenvalue weighted by Gasteiger charge is -2.37. The van der Waals surface area contributed by atoms with E-state index in [0.717, 1.165) is 36.7 Å². The first kappa shape index (κ1) is 14.5. The number of pyridine rings is 1. The summed E-state index contributed by atoms with van der Waals surface area (Å²) in [5.41, 5.74) is 1.03. The van der Waals surface area contributed by atoms with Gasteiger partial charge in [0.05, 0.1) is 17.8 Å². The van der Waals surface area contributed by atoms with Crippen molar-refractivity contribution in [2.45, 2.75) is 44.4 Å². The summed E-state index contributed by atoms with van der Waals surface area (Å²) in [7, 11) is 0. The highest BCUT2D eigenvalue weighted by Crippen LogP contribution is 2.41. The van der Waals surface area contributed by atoms with Crippen LogP contribution in [0.1, 0.15) is 37.2 Å². The van der Waals surface area contributed by atoms with Gasteiger partial charge in [0.1, 0.15) is 11.4 Å². The highest BCUT2D eigenvalue weighted by atomic mass is 19.1. The maximum Gasteiger partial charge on any atom is 0.270 e. The van der Waals surface area contributed by atoms with Crippen LogP contribution in [0.2, 0.25) is 0 Å². The molecule has 4 rings (SSSR count). The zero-order valence-electron chi connectivity index (χ0n) is 13.5. The van der Waals surface area contributed by atoms with Gasteiger partial charge in [-0.05, 0) is 32.4 Å². The number of nitrogens with one attached hydrogen (secondary N) is 1. The minimum atomic E-state index is -1.28. The minimum absolute atomic E-state index is 0.311. The summed E-state index contributed by atoms with van der Waals surface area (Å²) >= 11 is 0. The van der Waals surface area contributed by atoms with Crippen LogP contribution in [-0.2, 0) is 0 Å². The number of halogens is 1. The molecule has 0 radical (unpaired) electrons. The Morgan fingerprint density at radius 2 is 2.26 bits per heavy atom. The number of carbonyl (C=O) groups is 1. The standard InChI is InChI=1S/C17H21FN4O/c1-10(2)22-11-6-7-21(9-11)13-5-4-12(19-15(13)22)16(23)20-14-8-17(14,3)18/h4-5,11,14H,1,6-9H2,2-3H3,(H,20,23). The van der Waals surface area contributed by atoms with Crippen LogP contribution in [0.3, 0.4) is 0 Å². The SMILES string of the molecule is C=C(C)N1c2nc(C(=O)NC3CC3(C)F)ccc2N2CCC1C2. The third-order valence-corrected chi connectivity index (χ3v) is 5.07. The molecule has 1 N–H and O–H groups in total. The van der Waals surface area contributed by atoms with Crippen molar-refractivity contribution in [2.75, 3.05) is 22.9 Å². The predicted molar refractivity (Wildman–Crippen MR) is 87.5 cm³/mol. The molecule has 0 spiro atoms. The molecule has 2 bridgehead atoms. The number of allylic oxidation sites excluding steroid dienone is 1. The molecule has 1 saturated carbocycles. The Morgan fingerprint density at radius 1 is 1.52 bits per heavy atom. The molecule has 3 heterocycles. The van der Waals surface area contributed by atoms with Crippen LogP contribution >= 0.6 is 0 Å². The third-order valence-electron chi connectivity index (χ3n) is 5.07. The average Bonchev–Trinajstić information content (AvgIpc) is 2.90. The zero-order valence-corrected chi connectivity index (χ0v) is 13.5. The number of hydrogen-bond acceptors (Lipinski definition) is 4. The molecule has 3 unspecified atom stereocenters. The molecule has 3 aliphatic rings. The molecular formula is C17H21FN4O. The Labute approximate surface area is 135 Å². The summed E-state index contributed by atoms with van der Waals surface area (Å²) < 4.78 is 13.6. The Kier molecular flexibility index (Phi) is 2.95. The maximum absolute atomic E-state index is 13.6. The fourth-order valence-corrected chi connectivity index (χ4v) is 3.60. The Hall–Kier alpha value is -2.11. The smallest absolute Gasteiger partial charge is 0.270 e. The average molecular weight is 316 g/mol. The van der Waals surface area contributed by atoms with Gasteiger partial charge in [0.15, 0.2) is 5.82 Å². The van der Waals surface area contributed by atoms with E-state index in [4.69, 9.17) is 0 Å². The molecular weight excluding hydrogens is 295 g/mol. The summed E-state index contributed by atoms with van der Waals surface area (Å²) in [6.45, 7) is 9.50. The molecule has 0 aromatic carbocycles. The van der Waals surface area contributed by atoms with Crippen LogP contribution in [-0.4, -0.2) is 41.7 Å². The molecule has 23 heavy (non-hydrogen) atoms. The largest absolute Gasteiger partial charge is 0.366 e. The van der Waals surface area contributed by atoms with Crippen molar-refractivity contribution in [3.05, 3.63) is 30.1 Å². The van der Waals surface area contributed by atoms with Gasteiger partial charge in [0.25, 0.3) is 5.91 Å². The molecule has 2 fully saturated rings. The van der Waals surface area contributed by atoms with Gasteiger partial charge in [0, 0.05) is 25.2 Å². The van der Waals surface area contributed by atoms with E-state index in [9.17, 15) is 9.18 Å². The highest BCUT2D eigenvalue weighted by molar-refractivity contribution is 5.94. The van der Waals surface area contributed by atoms with Gasteiger partial charge in [-0.1, -0.05) is 6.58 Å². The summed E-state index contributed by atoms with van der Waals surface area (Å²) in [6.07, 6.45) is 1.43. The summed E-state index contributed by atoms with van der Waals surface area (Å²) in [6, 6.07) is 3.63. The first-order valence-corrected chi connectivity index (χ1v) is 8.07. The van der Waals surface area contributed by atoms with Gasteiger partial charge < -0.3 is 15.1 Å². The number of nitrogens with zero attached hydrogens (tertiary/aromatic N) is 3. The van der Waals surface area contributed by atoms with Gasteiger partial charge in [-0.2, -0.15) is 0 Å². The number of alkyl halides is 1. The zero-order chi connectivity index (χ0) is 16.4. The summed E-state index contributed by atoms with van der Waals surface area (Å²) in [5.74, 6) is 0.478. The van der Waals surface area contributed by atoms with Crippen molar-refractivity contribution in [3.8, 4) is 0 Å². The van der Waals surface area contributed by atoms with Crippen LogP contribution < -0.4 is 15.1 Å². The van der Waals surface area contributed by atoms with E-state index in [1.807, 2.05) is 13.0 Å². The summed E-state index contributed by atoms with van der Waals surface area (Å²) in [5, 5.41) is 2.72. The van der Waals surface area contributed by atoms with Crippen molar-refractivity contribution in [1.82, 2.24) is 10.3 Å². The molecule has 122 valence electrons. The second-order valence-electron chi connectivity index (χ2n) is 7.04.